The van der Waals surface area contributed by atoms with Crippen molar-refractivity contribution in [2.75, 3.05) is 64.6 Å². The molecule has 3 fully saturated rings. The Morgan fingerprint density at radius 2 is 1.80 bits per heavy atom. The number of hydrogen-bond donors (Lipinski definition) is 3. The van der Waals surface area contributed by atoms with Crippen LogP contribution in [0.1, 0.15) is 63.8 Å². The van der Waals surface area contributed by atoms with Crippen LogP contribution in [-0.2, 0) is 27.2 Å². The Balaban J connectivity index is 1.49. The van der Waals surface area contributed by atoms with E-state index in [2.05, 4.69) is 34.3 Å². The van der Waals surface area contributed by atoms with Crippen molar-refractivity contribution in [3.8, 4) is 11.3 Å². The van der Waals surface area contributed by atoms with Gasteiger partial charge < -0.3 is 38.8 Å². The summed E-state index contributed by atoms with van der Waals surface area (Å²) in [5.74, 6) is 0. The van der Waals surface area contributed by atoms with Gasteiger partial charge in [0.1, 0.15) is 0 Å². The molecule has 2 aliphatic heterocycles. The number of ether oxygens (including phenoxy) is 3. The lowest BCUT2D eigenvalue weighted by Crippen LogP contribution is -2.47. The number of nitrogens with zero attached hydrogens (tertiary/aromatic N) is 4. The molecular weight excluding hydrogens is 583 g/mol. The molecular formula is C35H51BN4O6. The van der Waals surface area contributed by atoms with Crippen LogP contribution in [0.5, 0.6) is 0 Å². The second-order valence-electron chi connectivity index (χ2n) is 14.1. The maximum Gasteiger partial charge on any atom is 0.488 e. The van der Waals surface area contributed by atoms with Crippen LogP contribution in [0.15, 0.2) is 30.5 Å². The highest BCUT2D eigenvalue weighted by molar-refractivity contribution is 6.58. The molecule has 10 nitrogen and oxygen atoms in total. The van der Waals surface area contributed by atoms with Crippen LogP contribution in [0.3, 0.4) is 0 Å². The zero-order chi connectivity index (χ0) is 32.4. The van der Waals surface area contributed by atoms with Gasteiger partial charge in [0.25, 0.3) is 0 Å². The largest absolute Gasteiger partial charge is 0.488 e. The molecule has 0 amide bonds. The number of aliphatic hydroxyl groups excluding tert-OH is 1. The molecule has 3 N–H and O–H groups in total. The number of piperazine rings is 1. The minimum Gasteiger partial charge on any atom is -0.423 e. The number of rotatable bonds is 13. The Morgan fingerprint density at radius 1 is 1.07 bits per heavy atom. The van der Waals surface area contributed by atoms with E-state index in [1.807, 2.05) is 25.3 Å². The van der Waals surface area contributed by atoms with Gasteiger partial charge in [0.2, 0.25) is 0 Å². The Hall–Kier alpha value is -2.51. The number of aliphatic hydroxyl groups is 1. The van der Waals surface area contributed by atoms with Gasteiger partial charge in [-0.3, -0.25) is 9.88 Å². The van der Waals surface area contributed by atoms with E-state index in [9.17, 15) is 15.2 Å². The van der Waals surface area contributed by atoms with E-state index in [-0.39, 0.29) is 18.8 Å². The average Bonchev–Trinajstić information content (AvgIpc) is 3.89. The SMILES string of the molecule is CO[C@@H](C)c1ncc(N2CCN(C3CC3)CC2)cc1-c1c(CC(C)(C)CO)c2cc(B(O)O)ccc2n1CCOC1CCOCC1. The van der Waals surface area contributed by atoms with Gasteiger partial charge in [-0.2, -0.15) is 0 Å². The standard InChI is InChI=1S/C35H51BN4O6/c1-24(44-4)33-30(20-27(22-37-33)39-13-11-38(12-14-39)26-6-7-26)34-31(21-35(2,3)23-41)29-19-25(36(42)43)5-8-32(29)40(34)15-18-46-28-9-16-45-17-10-28/h5,8,19-20,22,24,26,28,41-43H,6-7,9-18,21,23H2,1-4H3/t24-/m0/s1. The quantitative estimate of drug-likeness (QED) is 0.244. The Labute approximate surface area is 273 Å². The molecule has 2 saturated heterocycles. The fraction of sp³-hybridized carbons (Fsp3) is 0.629. The summed E-state index contributed by atoms with van der Waals surface area (Å²) in [5, 5.41) is 31.7. The van der Waals surface area contributed by atoms with Crippen LogP contribution in [0, 0.1) is 5.41 Å². The molecule has 3 aromatic rings. The van der Waals surface area contributed by atoms with Crippen molar-refractivity contribution in [3.05, 3.63) is 41.7 Å². The monoisotopic (exact) mass is 634 g/mol. The normalized spacial score (nSPS) is 19.2. The van der Waals surface area contributed by atoms with Crippen molar-refractivity contribution in [3.63, 3.8) is 0 Å². The minimum atomic E-state index is -1.59. The number of aromatic nitrogens is 2. The molecule has 1 saturated carbocycles. The van der Waals surface area contributed by atoms with Crippen molar-refractivity contribution in [1.82, 2.24) is 14.5 Å². The van der Waals surface area contributed by atoms with Gasteiger partial charge in [0, 0.05) is 82.2 Å². The van der Waals surface area contributed by atoms with E-state index in [4.69, 9.17) is 19.2 Å². The Bertz CT molecular complexity index is 1480. The van der Waals surface area contributed by atoms with Crippen LogP contribution >= 0.6 is 0 Å². The van der Waals surface area contributed by atoms with E-state index in [1.165, 1.54) is 12.8 Å². The third-order valence-corrected chi connectivity index (χ3v) is 10.1. The molecule has 2 aromatic heterocycles. The molecule has 250 valence electrons. The molecule has 1 aromatic carbocycles. The van der Waals surface area contributed by atoms with E-state index < -0.39 is 12.5 Å². The first-order chi connectivity index (χ1) is 22.2. The zero-order valence-electron chi connectivity index (χ0n) is 28.0. The summed E-state index contributed by atoms with van der Waals surface area (Å²) in [6.07, 6.45) is 6.91. The first-order valence-electron chi connectivity index (χ1n) is 17.0. The lowest BCUT2D eigenvalue weighted by atomic mass is 9.78. The first kappa shape index (κ1) is 33.4. The summed E-state index contributed by atoms with van der Waals surface area (Å²) in [4.78, 5) is 10.1. The number of fused-ring (bicyclic) bond motifs is 1. The second kappa shape index (κ2) is 14.3. The smallest absolute Gasteiger partial charge is 0.423 e. The molecule has 11 heteroatoms. The van der Waals surface area contributed by atoms with Crippen molar-refractivity contribution in [1.29, 1.82) is 0 Å². The van der Waals surface area contributed by atoms with E-state index in [1.54, 1.807) is 13.2 Å². The summed E-state index contributed by atoms with van der Waals surface area (Å²) < 4.78 is 20.1. The van der Waals surface area contributed by atoms with Crippen molar-refractivity contribution in [2.45, 2.75) is 77.7 Å². The van der Waals surface area contributed by atoms with Gasteiger partial charge in [-0.05, 0) is 67.6 Å². The zero-order valence-corrected chi connectivity index (χ0v) is 28.0. The molecule has 6 rings (SSSR count). The van der Waals surface area contributed by atoms with Crippen molar-refractivity contribution >= 4 is 29.2 Å². The van der Waals surface area contributed by atoms with Crippen LogP contribution in [0.25, 0.3) is 22.2 Å². The molecule has 1 atom stereocenters. The van der Waals surface area contributed by atoms with Gasteiger partial charge in [0.05, 0.1) is 42.1 Å². The summed E-state index contributed by atoms with van der Waals surface area (Å²) in [7, 11) is 0.124. The molecule has 0 unspecified atom stereocenters. The van der Waals surface area contributed by atoms with Gasteiger partial charge in [-0.25, -0.2) is 0 Å². The molecule has 4 heterocycles. The number of hydrogen-bond acceptors (Lipinski definition) is 9. The summed E-state index contributed by atoms with van der Waals surface area (Å²) >= 11 is 0. The van der Waals surface area contributed by atoms with E-state index >= 15 is 0 Å². The van der Waals surface area contributed by atoms with Gasteiger partial charge >= 0.3 is 7.12 Å². The molecule has 0 radical (unpaired) electrons. The number of pyridine rings is 1. The van der Waals surface area contributed by atoms with Gasteiger partial charge in [-0.15, -0.1) is 0 Å². The fourth-order valence-corrected chi connectivity index (χ4v) is 7.06. The maximum atomic E-state index is 10.4. The molecule has 0 spiro atoms. The minimum absolute atomic E-state index is 0.0131. The molecule has 46 heavy (non-hydrogen) atoms. The number of benzene rings is 1. The third kappa shape index (κ3) is 7.31. The topological polar surface area (TPSA) is 113 Å². The van der Waals surface area contributed by atoms with Crippen LogP contribution < -0.4 is 10.4 Å². The first-order valence-corrected chi connectivity index (χ1v) is 17.0. The number of methoxy groups -OCH3 is 1. The fourth-order valence-electron chi connectivity index (χ4n) is 7.06. The average molecular weight is 635 g/mol. The maximum absolute atomic E-state index is 10.4. The van der Waals surface area contributed by atoms with Crippen molar-refractivity contribution in [2.24, 2.45) is 5.41 Å². The highest BCUT2D eigenvalue weighted by atomic mass is 16.5. The van der Waals surface area contributed by atoms with Crippen LogP contribution in [0.4, 0.5) is 5.69 Å². The Morgan fingerprint density at radius 3 is 2.46 bits per heavy atom. The van der Waals surface area contributed by atoms with E-state index in [0.717, 1.165) is 97.4 Å². The van der Waals surface area contributed by atoms with Gasteiger partial charge in [-0.1, -0.05) is 26.0 Å². The van der Waals surface area contributed by atoms with E-state index in [0.29, 0.717) is 25.0 Å². The van der Waals surface area contributed by atoms with Crippen LogP contribution in [-0.4, -0.2) is 109 Å². The highest BCUT2D eigenvalue weighted by Crippen LogP contribution is 2.41. The second-order valence-corrected chi connectivity index (χ2v) is 14.1. The summed E-state index contributed by atoms with van der Waals surface area (Å²) in [6.45, 7) is 12.8. The molecule has 1 aliphatic carbocycles. The Kier molecular flexibility index (Phi) is 10.4. The van der Waals surface area contributed by atoms with Crippen LogP contribution in [0.2, 0.25) is 0 Å². The predicted octanol–water partition coefficient (Wildman–Crippen LogP) is 3.13. The molecule has 0 bridgehead atoms. The van der Waals surface area contributed by atoms with Crippen molar-refractivity contribution < 1.29 is 29.4 Å². The number of anilines is 1. The predicted molar refractivity (Wildman–Crippen MR) is 182 cm³/mol. The summed E-state index contributed by atoms with van der Waals surface area (Å²) in [5.41, 5.74) is 5.99. The summed E-state index contributed by atoms with van der Waals surface area (Å²) in [6, 6.07) is 8.67. The third-order valence-electron chi connectivity index (χ3n) is 10.1. The lowest BCUT2D eigenvalue weighted by Gasteiger charge is -2.36. The highest BCUT2D eigenvalue weighted by Gasteiger charge is 2.33. The lowest BCUT2D eigenvalue weighted by molar-refractivity contribution is -0.0336. The van der Waals surface area contributed by atoms with Gasteiger partial charge in [0.15, 0.2) is 0 Å². The molecule has 3 aliphatic rings.